The molecule has 4 fully saturated rings. The Kier molecular flexibility index (Phi) is 6.39. The topological polar surface area (TPSA) is 91.3 Å². The Morgan fingerprint density at radius 2 is 1.64 bits per heavy atom. The van der Waals surface area contributed by atoms with Crippen LogP contribution in [0.2, 0.25) is 0 Å². The Morgan fingerprint density at radius 1 is 1.07 bits per heavy atom. The van der Waals surface area contributed by atoms with E-state index in [0.717, 1.165) is 5.75 Å². The van der Waals surface area contributed by atoms with Gasteiger partial charge in [0.05, 0.1) is 0 Å². The molecule has 3 unspecified atom stereocenters. The zero-order chi connectivity index (χ0) is 20.7. The maximum absolute atomic E-state index is 12.0. The fourth-order valence-corrected chi connectivity index (χ4v) is 9.52. The SMILES string of the molecule is CC12CCC(C(S(=O)(=O)[O-])C1=O)C2(C)C.O=C(C[S+]1CCCC1)C1CCCC1. The average molecular weight is 431 g/mol. The Balaban J connectivity index is 0.000000162. The van der Waals surface area contributed by atoms with Crippen LogP contribution in [0.5, 0.6) is 0 Å². The number of hydrogen-bond acceptors (Lipinski definition) is 5. The molecule has 0 aromatic heterocycles. The minimum Gasteiger partial charge on any atom is -0.747 e. The molecule has 4 aliphatic rings. The Morgan fingerprint density at radius 3 is 2.07 bits per heavy atom. The number of carbonyl (C=O) groups is 2. The number of fused-ring (bicyclic) bond motifs is 2. The van der Waals surface area contributed by atoms with Crippen molar-refractivity contribution in [3.05, 3.63) is 0 Å². The molecular weight excluding hydrogens is 396 g/mol. The molecule has 0 aromatic carbocycles. The Hall–Kier alpha value is -0.400. The largest absolute Gasteiger partial charge is 0.747 e. The van der Waals surface area contributed by atoms with Crippen LogP contribution in [-0.2, 0) is 30.6 Å². The summed E-state index contributed by atoms with van der Waals surface area (Å²) in [4.78, 5) is 23.8. The molecule has 0 radical (unpaired) electrons. The van der Waals surface area contributed by atoms with Crippen LogP contribution in [0.4, 0.5) is 0 Å². The molecule has 0 spiro atoms. The molecule has 160 valence electrons. The molecule has 1 saturated heterocycles. The van der Waals surface area contributed by atoms with Gasteiger partial charge in [-0.05, 0) is 60.8 Å². The second-order valence-electron chi connectivity index (χ2n) is 9.80. The monoisotopic (exact) mass is 430 g/mol. The molecule has 7 heteroatoms. The molecular formula is C21H34O5S2. The highest BCUT2D eigenvalue weighted by molar-refractivity contribution is 7.97. The molecule has 0 aromatic rings. The molecule has 4 rings (SSSR count). The summed E-state index contributed by atoms with van der Waals surface area (Å²) in [5.41, 5.74) is -0.994. The smallest absolute Gasteiger partial charge is 0.184 e. The standard InChI is InChI=1S/C11H19OS.C10H16O4S/c12-11(10-5-1-2-6-10)9-13-7-3-4-8-13;1-9(2)6-4-5-10(9,3)8(11)7(6)15(12,13)14/h10H,1-9H2;6-7H,4-5H2,1-3H3,(H,12,13,14)/q+1;/p-1. The first-order valence-corrected chi connectivity index (χ1v) is 13.8. The van der Waals surface area contributed by atoms with Gasteiger partial charge >= 0.3 is 0 Å². The van der Waals surface area contributed by atoms with E-state index in [0.29, 0.717) is 35.4 Å². The first-order valence-electron chi connectivity index (χ1n) is 10.6. The Labute approximate surface area is 172 Å². The normalized spacial score (nSPS) is 35.2. The van der Waals surface area contributed by atoms with Gasteiger partial charge in [-0.1, -0.05) is 33.6 Å². The second kappa shape index (κ2) is 8.03. The molecule has 28 heavy (non-hydrogen) atoms. The fourth-order valence-electron chi connectivity index (χ4n) is 5.76. The van der Waals surface area contributed by atoms with E-state index in [4.69, 9.17) is 0 Å². The van der Waals surface area contributed by atoms with Gasteiger partial charge in [-0.25, -0.2) is 8.42 Å². The van der Waals surface area contributed by atoms with Crippen LogP contribution in [0.25, 0.3) is 0 Å². The summed E-state index contributed by atoms with van der Waals surface area (Å²) >= 11 is 0. The van der Waals surface area contributed by atoms with Crippen LogP contribution in [0.1, 0.15) is 72.1 Å². The fraction of sp³-hybridized carbons (Fsp3) is 0.905. The zero-order valence-corrected chi connectivity index (χ0v) is 19.0. The number of hydrogen-bond donors (Lipinski definition) is 0. The van der Waals surface area contributed by atoms with E-state index < -0.39 is 20.8 Å². The predicted molar refractivity (Wildman–Crippen MR) is 111 cm³/mol. The third kappa shape index (κ3) is 3.95. The number of carbonyl (C=O) groups excluding carboxylic acids is 2. The maximum atomic E-state index is 12.0. The highest BCUT2D eigenvalue weighted by Gasteiger charge is 2.67. The van der Waals surface area contributed by atoms with Gasteiger partial charge in [-0.3, -0.25) is 9.59 Å². The van der Waals surface area contributed by atoms with E-state index in [9.17, 15) is 22.6 Å². The van der Waals surface area contributed by atoms with E-state index in [-0.39, 0.29) is 17.1 Å². The van der Waals surface area contributed by atoms with Gasteiger partial charge < -0.3 is 4.55 Å². The van der Waals surface area contributed by atoms with Crippen molar-refractivity contribution in [3.8, 4) is 0 Å². The van der Waals surface area contributed by atoms with Crippen LogP contribution in [-0.4, -0.2) is 47.0 Å². The molecule has 3 atom stereocenters. The van der Waals surface area contributed by atoms with Crippen molar-refractivity contribution in [1.82, 2.24) is 0 Å². The van der Waals surface area contributed by atoms with Gasteiger partial charge in [-0.15, -0.1) is 0 Å². The highest BCUT2D eigenvalue weighted by Crippen LogP contribution is 2.64. The summed E-state index contributed by atoms with van der Waals surface area (Å²) < 4.78 is 33.3. The van der Waals surface area contributed by atoms with Crippen LogP contribution < -0.4 is 0 Å². The number of ketones is 2. The van der Waals surface area contributed by atoms with Crippen molar-refractivity contribution in [2.45, 2.75) is 77.4 Å². The van der Waals surface area contributed by atoms with E-state index in [1.165, 1.54) is 50.0 Å². The number of rotatable bonds is 4. The summed E-state index contributed by atoms with van der Waals surface area (Å²) in [5, 5.41) is -1.30. The van der Waals surface area contributed by atoms with Gasteiger partial charge in [0, 0.05) is 11.3 Å². The third-order valence-corrected chi connectivity index (χ3v) is 11.6. The molecule has 1 heterocycles. The second-order valence-corrected chi connectivity index (χ2v) is 13.6. The molecule has 3 aliphatic carbocycles. The van der Waals surface area contributed by atoms with Crippen LogP contribution in [0.15, 0.2) is 0 Å². The third-order valence-electron chi connectivity index (χ3n) is 8.06. The molecule has 0 amide bonds. The van der Waals surface area contributed by atoms with Gasteiger partial charge in [-0.2, -0.15) is 0 Å². The maximum Gasteiger partial charge on any atom is 0.184 e. The lowest BCUT2D eigenvalue weighted by molar-refractivity contribution is -0.128. The Bertz CT molecular complexity index is 717. The van der Waals surface area contributed by atoms with Gasteiger partial charge in [0.1, 0.15) is 26.9 Å². The van der Waals surface area contributed by atoms with Crippen molar-refractivity contribution in [3.63, 3.8) is 0 Å². The molecule has 0 N–H and O–H groups in total. The van der Waals surface area contributed by atoms with Gasteiger partial charge in [0.15, 0.2) is 17.3 Å². The molecule has 5 nitrogen and oxygen atoms in total. The van der Waals surface area contributed by atoms with E-state index in [1.807, 2.05) is 13.8 Å². The lowest BCUT2D eigenvalue weighted by Crippen LogP contribution is -2.38. The lowest BCUT2D eigenvalue weighted by Gasteiger charge is -2.32. The average Bonchev–Trinajstić information content (AvgIpc) is 3.34. The summed E-state index contributed by atoms with van der Waals surface area (Å²) in [6.07, 6.45) is 9.10. The summed E-state index contributed by atoms with van der Waals surface area (Å²) in [7, 11) is -3.99. The van der Waals surface area contributed by atoms with Crippen LogP contribution in [0, 0.1) is 22.7 Å². The summed E-state index contributed by atoms with van der Waals surface area (Å²) in [5.74, 6) is 4.04. The van der Waals surface area contributed by atoms with Crippen LogP contribution >= 0.6 is 0 Å². The zero-order valence-electron chi connectivity index (χ0n) is 17.4. The molecule has 2 bridgehead atoms. The van der Waals surface area contributed by atoms with Crippen molar-refractivity contribution in [1.29, 1.82) is 0 Å². The molecule has 1 aliphatic heterocycles. The van der Waals surface area contributed by atoms with Crippen molar-refractivity contribution < 1.29 is 22.6 Å². The number of Topliss-reactive ketones (excluding diaryl/α,β-unsaturated/α-hetero) is 2. The minimum atomic E-state index is -4.49. The van der Waals surface area contributed by atoms with E-state index in [2.05, 4.69) is 0 Å². The lowest BCUT2D eigenvalue weighted by atomic mass is 9.70. The predicted octanol–water partition coefficient (Wildman–Crippen LogP) is 3.08. The van der Waals surface area contributed by atoms with Crippen molar-refractivity contribution in [2.24, 2.45) is 22.7 Å². The summed E-state index contributed by atoms with van der Waals surface area (Å²) in [6, 6.07) is 0. The highest BCUT2D eigenvalue weighted by atomic mass is 32.2. The minimum absolute atomic E-state index is 0.294. The molecule has 3 saturated carbocycles. The van der Waals surface area contributed by atoms with E-state index in [1.54, 1.807) is 6.92 Å². The summed E-state index contributed by atoms with van der Waals surface area (Å²) in [6.45, 7) is 5.59. The van der Waals surface area contributed by atoms with Crippen molar-refractivity contribution in [2.75, 3.05) is 17.3 Å². The van der Waals surface area contributed by atoms with Gasteiger partial charge in [0.25, 0.3) is 0 Å². The first kappa shape index (κ1) is 22.3. The van der Waals surface area contributed by atoms with Crippen LogP contribution in [0.3, 0.4) is 0 Å². The van der Waals surface area contributed by atoms with Gasteiger partial charge in [0.2, 0.25) is 0 Å². The van der Waals surface area contributed by atoms with Crippen molar-refractivity contribution >= 4 is 32.6 Å². The van der Waals surface area contributed by atoms with E-state index >= 15 is 0 Å². The first-order chi connectivity index (χ1) is 13.0. The quantitative estimate of drug-likeness (QED) is 0.505.